The number of rotatable bonds is 3. The number of para-hydroxylation sites is 1. The molecule has 104 valence electrons. The van der Waals surface area contributed by atoms with Crippen molar-refractivity contribution in [3.8, 4) is 17.2 Å². The second-order valence-corrected chi connectivity index (χ2v) is 3.72. The standard InChI is InChI=1S/C8H8O3.C7H6O2/c1-11-7-3-2-6(5-9)8(10)4-7;8-5-6-3-1-2-4-7(6)9/h2-5,10H,1H3;1-5,9H. The van der Waals surface area contributed by atoms with Crippen LogP contribution in [0.5, 0.6) is 17.2 Å². The maximum atomic E-state index is 10.2. The van der Waals surface area contributed by atoms with Gasteiger partial charge in [0.1, 0.15) is 17.2 Å². The highest BCUT2D eigenvalue weighted by Crippen LogP contribution is 2.21. The normalized spacial score (nSPS) is 9.05. The Morgan fingerprint density at radius 2 is 1.50 bits per heavy atom. The lowest BCUT2D eigenvalue weighted by Crippen LogP contribution is -1.85. The van der Waals surface area contributed by atoms with Gasteiger partial charge in [0.15, 0.2) is 12.6 Å². The molecule has 2 N–H and O–H groups in total. The second kappa shape index (κ2) is 7.58. The van der Waals surface area contributed by atoms with E-state index >= 15 is 0 Å². The average Bonchev–Trinajstić information content (AvgIpc) is 2.48. The van der Waals surface area contributed by atoms with Crippen molar-refractivity contribution in [2.45, 2.75) is 0 Å². The van der Waals surface area contributed by atoms with E-state index in [9.17, 15) is 9.59 Å². The molecule has 2 aromatic carbocycles. The topological polar surface area (TPSA) is 83.8 Å². The Bertz CT molecular complexity index is 593. The average molecular weight is 274 g/mol. The molecule has 0 bridgehead atoms. The Morgan fingerprint density at radius 1 is 0.900 bits per heavy atom. The van der Waals surface area contributed by atoms with E-state index in [2.05, 4.69) is 0 Å². The van der Waals surface area contributed by atoms with E-state index in [1.165, 1.54) is 25.3 Å². The van der Waals surface area contributed by atoms with Gasteiger partial charge in [-0.1, -0.05) is 12.1 Å². The Labute approximate surface area is 116 Å². The second-order valence-electron chi connectivity index (χ2n) is 3.72. The number of ether oxygens (including phenoxy) is 1. The van der Waals surface area contributed by atoms with Crippen LogP contribution < -0.4 is 4.74 Å². The Balaban J connectivity index is 0.000000204. The fourth-order valence-electron chi connectivity index (χ4n) is 1.34. The zero-order valence-corrected chi connectivity index (χ0v) is 10.8. The molecule has 2 rings (SSSR count). The van der Waals surface area contributed by atoms with Crippen LogP contribution in [0.4, 0.5) is 0 Å². The number of hydrogen-bond donors (Lipinski definition) is 2. The van der Waals surface area contributed by atoms with Crippen LogP contribution in [-0.4, -0.2) is 29.9 Å². The first-order valence-corrected chi connectivity index (χ1v) is 5.67. The van der Waals surface area contributed by atoms with Gasteiger partial charge in [0.05, 0.1) is 18.2 Å². The summed E-state index contributed by atoms with van der Waals surface area (Å²) in [6.07, 6.45) is 1.21. The maximum absolute atomic E-state index is 10.2. The summed E-state index contributed by atoms with van der Waals surface area (Å²) < 4.78 is 4.82. The molecule has 2 aromatic rings. The van der Waals surface area contributed by atoms with Crippen molar-refractivity contribution in [1.82, 2.24) is 0 Å². The summed E-state index contributed by atoms with van der Waals surface area (Å²) in [4.78, 5) is 20.3. The predicted octanol–water partition coefficient (Wildman–Crippen LogP) is 2.42. The van der Waals surface area contributed by atoms with Gasteiger partial charge in [0.2, 0.25) is 0 Å². The zero-order chi connectivity index (χ0) is 15.0. The van der Waals surface area contributed by atoms with Gasteiger partial charge in [-0.3, -0.25) is 9.59 Å². The number of carbonyl (C=O) groups is 2. The molecular weight excluding hydrogens is 260 g/mol. The number of carbonyl (C=O) groups excluding carboxylic acids is 2. The van der Waals surface area contributed by atoms with E-state index in [0.29, 0.717) is 23.9 Å². The summed E-state index contributed by atoms with van der Waals surface area (Å²) in [5.74, 6) is 0.514. The molecule has 0 aliphatic rings. The number of methoxy groups -OCH3 is 1. The van der Waals surface area contributed by atoms with Crippen molar-refractivity contribution >= 4 is 12.6 Å². The van der Waals surface area contributed by atoms with Gasteiger partial charge in [-0.15, -0.1) is 0 Å². The van der Waals surface area contributed by atoms with Crippen molar-refractivity contribution in [1.29, 1.82) is 0 Å². The van der Waals surface area contributed by atoms with Gasteiger partial charge < -0.3 is 14.9 Å². The molecule has 0 saturated carbocycles. The van der Waals surface area contributed by atoms with E-state index in [1.54, 1.807) is 24.3 Å². The van der Waals surface area contributed by atoms with Crippen molar-refractivity contribution in [2.24, 2.45) is 0 Å². The molecule has 0 aromatic heterocycles. The molecule has 20 heavy (non-hydrogen) atoms. The Kier molecular flexibility index (Phi) is 5.77. The first kappa shape index (κ1) is 15.2. The van der Waals surface area contributed by atoms with Crippen LogP contribution in [0.25, 0.3) is 0 Å². The monoisotopic (exact) mass is 274 g/mol. The van der Waals surface area contributed by atoms with Crippen molar-refractivity contribution in [3.63, 3.8) is 0 Å². The minimum Gasteiger partial charge on any atom is -0.507 e. The Hall–Kier alpha value is -2.82. The van der Waals surface area contributed by atoms with Gasteiger partial charge >= 0.3 is 0 Å². The lowest BCUT2D eigenvalue weighted by Gasteiger charge is -2.00. The summed E-state index contributed by atoms with van der Waals surface area (Å²) in [6.45, 7) is 0. The number of aromatic hydroxyl groups is 2. The SMILES string of the molecule is COc1ccc(C=O)c(O)c1.O=Cc1ccccc1O. The minimum atomic E-state index is -0.0562. The number of phenolic OH excluding ortho intramolecular Hbond substituents is 2. The summed E-state index contributed by atoms with van der Waals surface area (Å²) in [7, 11) is 1.50. The van der Waals surface area contributed by atoms with Gasteiger partial charge in [-0.25, -0.2) is 0 Å². The van der Waals surface area contributed by atoms with E-state index in [0.717, 1.165) is 0 Å². The fraction of sp³-hybridized carbons (Fsp3) is 0.0667. The van der Waals surface area contributed by atoms with Crippen molar-refractivity contribution in [2.75, 3.05) is 7.11 Å². The number of benzene rings is 2. The van der Waals surface area contributed by atoms with Gasteiger partial charge in [0, 0.05) is 6.07 Å². The molecule has 0 fully saturated rings. The maximum Gasteiger partial charge on any atom is 0.153 e. The van der Waals surface area contributed by atoms with Crippen LogP contribution in [0.3, 0.4) is 0 Å². The van der Waals surface area contributed by atoms with Crippen LogP contribution in [0.2, 0.25) is 0 Å². The highest BCUT2D eigenvalue weighted by atomic mass is 16.5. The molecule has 5 nitrogen and oxygen atoms in total. The van der Waals surface area contributed by atoms with E-state index < -0.39 is 0 Å². The highest BCUT2D eigenvalue weighted by molar-refractivity contribution is 5.79. The largest absolute Gasteiger partial charge is 0.507 e. The zero-order valence-electron chi connectivity index (χ0n) is 10.8. The molecule has 0 spiro atoms. The number of phenols is 2. The smallest absolute Gasteiger partial charge is 0.153 e. The van der Waals surface area contributed by atoms with Gasteiger partial charge in [0.25, 0.3) is 0 Å². The first-order chi connectivity index (χ1) is 9.62. The molecule has 0 heterocycles. The molecule has 0 unspecified atom stereocenters. The fourth-order valence-corrected chi connectivity index (χ4v) is 1.34. The third-order valence-corrected chi connectivity index (χ3v) is 2.43. The van der Waals surface area contributed by atoms with Crippen LogP contribution >= 0.6 is 0 Å². The van der Waals surface area contributed by atoms with Crippen LogP contribution in [-0.2, 0) is 0 Å². The molecule has 5 heteroatoms. The number of aldehydes is 2. The lowest BCUT2D eigenvalue weighted by molar-refractivity contribution is 0.111. The summed E-state index contributed by atoms with van der Waals surface area (Å²) in [6, 6.07) is 10.9. The van der Waals surface area contributed by atoms with E-state index in [-0.39, 0.29) is 17.1 Å². The predicted molar refractivity (Wildman–Crippen MR) is 73.5 cm³/mol. The molecule has 0 saturated heterocycles. The minimum absolute atomic E-state index is 0.0347. The third-order valence-electron chi connectivity index (χ3n) is 2.43. The summed E-state index contributed by atoms with van der Waals surface area (Å²) >= 11 is 0. The quantitative estimate of drug-likeness (QED) is 0.840. The molecular formula is C15H14O5. The third kappa shape index (κ3) is 4.13. The molecule has 0 atom stereocenters. The molecule has 0 radical (unpaired) electrons. The summed E-state index contributed by atoms with van der Waals surface area (Å²) in [5, 5.41) is 18.0. The highest BCUT2D eigenvalue weighted by Gasteiger charge is 1.99. The summed E-state index contributed by atoms with van der Waals surface area (Å²) in [5.41, 5.74) is 0.600. The van der Waals surface area contributed by atoms with Crippen molar-refractivity contribution in [3.05, 3.63) is 53.6 Å². The lowest BCUT2D eigenvalue weighted by atomic mass is 10.2. The Morgan fingerprint density at radius 3 is 1.95 bits per heavy atom. The molecule has 0 aliphatic heterocycles. The van der Waals surface area contributed by atoms with Crippen molar-refractivity contribution < 1.29 is 24.5 Å². The van der Waals surface area contributed by atoms with E-state index in [4.69, 9.17) is 14.9 Å². The molecule has 0 aliphatic carbocycles. The van der Waals surface area contributed by atoms with Gasteiger partial charge in [-0.05, 0) is 24.3 Å². The number of hydrogen-bond acceptors (Lipinski definition) is 5. The van der Waals surface area contributed by atoms with E-state index in [1.807, 2.05) is 0 Å². The first-order valence-electron chi connectivity index (χ1n) is 5.67. The molecule has 0 amide bonds. The van der Waals surface area contributed by atoms with Gasteiger partial charge in [-0.2, -0.15) is 0 Å². The van der Waals surface area contributed by atoms with Crippen LogP contribution in [0.15, 0.2) is 42.5 Å². The van der Waals surface area contributed by atoms with Crippen LogP contribution in [0, 0.1) is 0 Å². The van der Waals surface area contributed by atoms with Crippen LogP contribution in [0.1, 0.15) is 20.7 Å².